The number of hydrogen-bond donors (Lipinski definition) is 1. The Morgan fingerprint density at radius 2 is 1.90 bits per heavy atom. The van der Waals surface area contributed by atoms with E-state index < -0.39 is 0 Å². The molecule has 3 nitrogen and oxygen atoms in total. The number of pyridine rings is 1. The molecule has 2 fully saturated rings. The SMILES string of the molecule is CC(C)C1(CNC2CCN(c3ccncc3)CC2)CC1. The maximum absolute atomic E-state index is 4.10. The monoisotopic (exact) mass is 273 g/mol. The predicted molar refractivity (Wildman–Crippen MR) is 84.0 cm³/mol. The number of rotatable bonds is 5. The van der Waals surface area contributed by atoms with Gasteiger partial charge in [-0.05, 0) is 49.1 Å². The number of nitrogens with one attached hydrogen (secondary N) is 1. The van der Waals surface area contributed by atoms with Crippen LogP contribution in [0, 0.1) is 11.3 Å². The standard InChI is InChI=1S/C17H27N3/c1-14(2)17(7-8-17)13-19-15-5-11-20(12-6-15)16-3-9-18-10-4-16/h3-4,9-10,14-15,19H,5-8,11-13H2,1-2H3. The smallest absolute Gasteiger partial charge is 0.0397 e. The fourth-order valence-electron chi connectivity index (χ4n) is 3.36. The van der Waals surface area contributed by atoms with Gasteiger partial charge in [-0.1, -0.05) is 13.8 Å². The van der Waals surface area contributed by atoms with Crippen molar-refractivity contribution in [3.8, 4) is 0 Å². The Balaban J connectivity index is 1.45. The van der Waals surface area contributed by atoms with Crippen molar-refractivity contribution in [2.24, 2.45) is 11.3 Å². The topological polar surface area (TPSA) is 28.2 Å². The zero-order valence-corrected chi connectivity index (χ0v) is 12.8. The zero-order valence-electron chi connectivity index (χ0n) is 12.8. The molecule has 2 heterocycles. The molecule has 20 heavy (non-hydrogen) atoms. The summed E-state index contributed by atoms with van der Waals surface area (Å²) >= 11 is 0. The van der Waals surface area contributed by atoms with Crippen LogP contribution in [0.4, 0.5) is 5.69 Å². The normalized spacial score (nSPS) is 22.2. The van der Waals surface area contributed by atoms with Crippen molar-refractivity contribution < 1.29 is 0 Å². The second-order valence-electron chi connectivity index (χ2n) is 6.86. The Hall–Kier alpha value is -1.09. The van der Waals surface area contributed by atoms with Crippen LogP contribution in [0.25, 0.3) is 0 Å². The summed E-state index contributed by atoms with van der Waals surface area (Å²) < 4.78 is 0. The van der Waals surface area contributed by atoms with Gasteiger partial charge in [0.15, 0.2) is 0 Å². The van der Waals surface area contributed by atoms with E-state index in [-0.39, 0.29) is 0 Å². The van der Waals surface area contributed by atoms with Gasteiger partial charge in [0, 0.05) is 43.8 Å². The van der Waals surface area contributed by atoms with Gasteiger partial charge in [-0.2, -0.15) is 0 Å². The molecule has 1 N–H and O–H groups in total. The van der Waals surface area contributed by atoms with E-state index in [1.165, 1.54) is 37.9 Å². The van der Waals surface area contributed by atoms with Crippen LogP contribution in [0.3, 0.4) is 0 Å². The number of aromatic nitrogens is 1. The van der Waals surface area contributed by atoms with Gasteiger partial charge < -0.3 is 10.2 Å². The van der Waals surface area contributed by atoms with Gasteiger partial charge in [0.25, 0.3) is 0 Å². The highest BCUT2D eigenvalue weighted by molar-refractivity contribution is 5.44. The van der Waals surface area contributed by atoms with Crippen LogP contribution in [0.2, 0.25) is 0 Å². The van der Waals surface area contributed by atoms with Crippen LogP contribution >= 0.6 is 0 Å². The van der Waals surface area contributed by atoms with Gasteiger partial charge in [0.1, 0.15) is 0 Å². The second kappa shape index (κ2) is 5.72. The molecular formula is C17H27N3. The van der Waals surface area contributed by atoms with E-state index in [2.05, 4.69) is 41.2 Å². The fourth-order valence-corrected chi connectivity index (χ4v) is 3.36. The summed E-state index contributed by atoms with van der Waals surface area (Å²) in [4.78, 5) is 6.58. The fraction of sp³-hybridized carbons (Fsp3) is 0.706. The first-order valence-corrected chi connectivity index (χ1v) is 8.08. The van der Waals surface area contributed by atoms with Crippen molar-refractivity contribution in [1.82, 2.24) is 10.3 Å². The van der Waals surface area contributed by atoms with E-state index in [0.29, 0.717) is 11.5 Å². The van der Waals surface area contributed by atoms with E-state index in [9.17, 15) is 0 Å². The van der Waals surface area contributed by atoms with Crippen LogP contribution in [-0.2, 0) is 0 Å². The summed E-state index contributed by atoms with van der Waals surface area (Å²) in [6, 6.07) is 4.95. The van der Waals surface area contributed by atoms with E-state index >= 15 is 0 Å². The average molecular weight is 273 g/mol. The molecule has 1 saturated heterocycles. The Kier molecular flexibility index (Phi) is 3.97. The molecule has 2 aliphatic rings. The maximum Gasteiger partial charge on any atom is 0.0397 e. The van der Waals surface area contributed by atoms with Crippen molar-refractivity contribution in [2.75, 3.05) is 24.5 Å². The van der Waals surface area contributed by atoms with E-state index in [4.69, 9.17) is 0 Å². The highest BCUT2D eigenvalue weighted by Gasteiger charge is 2.45. The van der Waals surface area contributed by atoms with Gasteiger partial charge in [-0.15, -0.1) is 0 Å². The maximum atomic E-state index is 4.10. The Labute approximate surface area is 122 Å². The molecule has 3 rings (SSSR count). The lowest BCUT2D eigenvalue weighted by atomic mass is 9.91. The minimum Gasteiger partial charge on any atom is -0.371 e. The third-order valence-electron chi connectivity index (χ3n) is 5.38. The average Bonchev–Trinajstić information content (AvgIpc) is 3.28. The van der Waals surface area contributed by atoms with Crippen molar-refractivity contribution in [2.45, 2.75) is 45.6 Å². The number of hydrogen-bond acceptors (Lipinski definition) is 3. The molecule has 0 spiro atoms. The molecule has 0 radical (unpaired) electrons. The Morgan fingerprint density at radius 1 is 1.25 bits per heavy atom. The van der Waals surface area contributed by atoms with Gasteiger partial charge in [0.05, 0.1) is 0 Å². The predicted octanol–water partition coefficient (Wildman–Crippen LogP) is 3.08. The summed E-state index contributed by atoms with van der Waals surface area (Å²) in [6.07, 6.45) is 9.15. The number of anilines is 1. The Morgan fingerprint density at radius 3 is 2.45 bits per heavy atom. The van der Waals surface area contributed by atoms with Crippen molar-refractivity contribution in [3.05, 3.63) is 24.5 Å². The highest BCUT2D eigenvalue weighted by Crippen LogP contribution is 2.51. The molecule has 0 amide bonds. The molecule has 3 heteroatoms. The quantitative estimate of drug-likeness (QED) is 0.893. The summed E-state index contributed by atoms with van der Waals surface area (Å²) in [5, 5.41) is 3.84. The summed E-state index contributed by atoms with van der Waals surface area (Å²) in [5.41, 5.74) is 1.95. The van der Waals surface area contributed by atoms with E-state index in [1.54, 1.807) is 0 Å². The first-order valence-electron chi connectivity index (χ1n) is 8.08. The lowest BCUT2D eigenvalue weighted by molar-refractivity contribution is 0.302. The minimum atomic E-state index is 0.627. The number of piperidine rings is 1. The van der Waals surface area contributed by atoms with Gasteiger partial charge in [0.2, 0.25) is 0 Å². The molecular weight excluding hydrogens is 246 g/mol. The van der Waals surface area contributed by atoms with Crippen LogP contribution < -0.4 is 10.2 Å². The first-order chi connectivity index (χ1) is 9.70. The molecule has 1 aromatic heterocycles. The first kappa shape index (κ1) is 13.9. The van der Waals surface area contributed by atoms with Gasteiger partial charge in [-0.3, -0.25) is 4.98 Å². The molecule has 0 aromatic carbocycles. The molecule has 0 atom stereocenters. The van der Waals surface area contributed by atoms with Gasteiger partial charge >= 0.3 is 0 Å². The van der Waals surface area contributed by atoms with E-state index in [0.717, 1.165) is 19.0 Å². The molecule has 110 valence electrons. The van der Waals surface area contributed by atoms with Crippen LogP contribution in [0.1, 0.15) is 39.5 Å². The van der Waals surface area contributed by atoms with Gasteiger partial charge in [-0.25, -0.2) is 0 Å². The molecule has 1 aliphatic heterocycles. The molecule has 1 aromatic rings. The third kappa shape index (κ3) is 2.98. The zero-order chi connectivity index (χ0) is 14.0. The molecule has 0 bridgehead atoms. The summed E-state index contributed by atoms with van der Waals surface area (Å²) in [7, 11) is 0. The van der Waals surface area contributed by atoms with Crippen molar-refractivity contribution in [1.29, 1.82) is 0 Å². The largest absolute Gasteiger partial charge is 0.371 e. The van der Waals surface area contributed by atoms with Crippen molar-refractivity contribution >= 4 is 5.69 Å². The summed E-state index contributed by atoms with van der Waals surface area (Å²) in [5.74, 6) is 0.826. The highest BCUT2D eigenvalue weighted by atomic mass is 15.1. The molecule has 1 saturated carbocycles. The van der Waals surface area contributed by atoms with Crippen LogP contribution in [0.5, 0.6) is 0 Å². The van der Waals surface area contributed by atoms with Crippen molar-refractivity contribution in [3.63, 3.8) is 0 Å². The Bertz CT molecular complexity index is 417. The number of nitrogens with zero attached hydrogens (tertiary/aromatic N) is 2. The van der Waals surface area contributed by atoms with Crippen LogP contribution in [-0.4, -0.2) is 30.7 Å². The van der Waals surface area contributed by atoms with Crippen LogP contribution in [0.15, 0.2) is 24.5 Å². The minimum absolute atomic E-state index is 0.627. The second-order valence-corrected chi connectivity index (χ2v) is 6.86. The molecule has 0 unspecified atom stereocenters. The lowest BCUT2D eigenvalue weighted by Gasteiger charge is -2.35. The molecule has 1 aliphatic carbocycles. The third-order valence-corrected chi connectivity index (χ3v) is 5.38. The summed E-state index contributed by atoms with van der Waals surface area (Å²) in [6.45, 7) is 8.30. The van der Waals surface area contributed by atoms with E-state index in [1.807, 2.05) is 12.4 Å². The lowest BCUT2D eigenvalue weighted by Crippen LogP contribution is -2.44.